The fraction of sp³-hybridized carbons (Fsp3) is 0.667. The number of carbonyl (C=O) groups excluding carboxylic acids is 1. The number of hydrogen-bond donors (Lipinski definition) is 0. The van der Waals surface area contributed by atoms with Gasteiger partial charge in [-0.25, -0.2) is 0 Å². The molecule has 2 fully saturated rings. The molecule has 0 bridgehead atoms. The molecule has 3 heterocycles. The minimum absolute atomic E-state index is 0.0537. The Hall–Kier alpha value is -0.920. The van der Waals surface area contributed by atoms with Crippen LogP contribution in [0, 0.1) is 0 Å². The van der Waals surface area contributed by atoms with Gasteiger partial charge in [0.2, 0.25) is 0 Å². The second kappa shape index (κ2) is 4.88. The summed E-state index contributed by atoms with van der Waals surface area (Å²) in [5.74, 6) is -0.0537. The van der Waals surface area contributed by atoms with Crippen LogP contribution in [0.25, 0.3) is 0 Å². The molecule has 0 aliphatic carbocycles. The zero-order valence-corrected chi connectivity index (χ0v) is 12.4. The monoisotopic (exact) mass is 329 g/mol. The molecule has 1 amide bonds. The van der Waals surface area contributed by atoms with E-state index >= 15 is 0 Å². The number of rotatable bonds is 1. The van der Waals surface area contributed by atoms with E-state index in [9.17, 15) is 4.79 Å². The van der Waals surface area contributed by atoms with Gasteiger partial charge in [-0.2, -0.15) is 5.10 Å². The second-order valence-electron chi connectivity index (χ2n) is 5.06. The zero-order chi connectivity index (χ0) is 13.5. The maximum Gasteiger partial charge on any atom is 0.275 e. The van der Waals surface area contributed by atoms with E-state index in [1.165, 1.54) is 0 Å². The molecule has 3 rings (SSSR count). The second-order valence-corrected chi connectivity index (χ2v) is 5.91. The van der Waals surface area contributed by atoms with Crippen molar-refractivity contribution >= 4 is 21.8 Å². The molecule has 0 N–H and O–H groups in total. The summed E-state index contributed by atoms with van der Waals surface area (Å²) in [6, 6.07) is 0. The third kappa shape index (κ3) is 2.42. The number of aryl methyl sites for hydroxylation is 1. The van der Waals surface area contributed by atoms with Crippen molar-refractivity contribution in [2.24, 2.45) is 7.05 Å². The Morgan fingerprint density at radius 2 is 2.37 bits per heavy atom. The van der Waals surface area contributed by atoms with Crippen molar-refractivity contribution in [2.75, 3.05) is 32.9 Å². The van der Waals surface area contributed by atoms with Crippen LogP contribution < -0.4 is 0 Å². The van der Waals surface area contributed by atoms with Gasteiger partial charge in [-0.1, -0.05) is 0 Å². The lowest BCUT2D eigenvalue weighted by Gasteiger charge is -2.39. The van der Waals surface area contributed by atoms with Crippen LogP contribution in [0.1, 0.15) is 16.9 Å². The van der Waals surface area contributed by atoms with Gasteiger partial charge in [0.1, 0.15) is 5.60 Å². The average Bonchev–Trinajstić information content (AvgIpc) is 2.96. The first kappa shape index (κ1) is 13.1. The van der Waals surface area contributed by atoms with Crippen LogP contribution in [0.2, 0.25) is 0 Å². The van der Waals surface area contributed by atoms with Gasteiger partial charge in [0.25, 0.3) is 5.91 Å². The largest absolute Gasteiger partial charge is 0.378 e. The van der Waals surface area contributed by atoms with E-state index in [2.05, 4.69) is 21.0 Å². The summed E-state index contributed by atoms with van der Waals surface area (Å²) in [6.07, 6.45) is 2.63. The van der Waals surface area contributed by atoms with Gasteiger partial charge in [0.05, 0.1) is 24.2 Å². The molecule has 0 radical (unpaired) electrons. The average molecular weight is 330 g/mol. The maximum absolute atomic E-state index is 12.5. The van der Waals surface area contributed by atoms with Crippen molar-refractivity contribution < 1.29 is 14.3 Å². The van der Waals surface area contributed by atoms with Gasteiger partial charge in [-0.05, 0) is 15.9 Å². The molecule has 1 atom stereocenters. The zero-order valence-electron chi connectivity index (χ0n) is 10.8. The smallest absolute Gasteiger partial charge is 0.275 e. The van der Waals surface area contributed by atoms with Crippen molar-refractivity contribution in [3.05, 3.63) is 16.4 Å². The van der Waals surface area contributed by atoms with E-state index in [4.69, 9.17) is 9.47 Å². The fourth-order valence-corrected chi connectivity index (χ4v) is 3.14. The highest BCUT2D eigenvalue weighted by Gasteiger charge is 2.42. The van der Waals surface area contributed by atoms with Crippen LogP contribution in [0.15, 0.2) is 10.7 Å². The summed E-state index contributed by atoms with van der Waals surface area (Å²) < 4.78 is 13.6. The summed E-state index contributed by atoms with van der Waals surface area (Å²) in [5, 5.41) is 4.21. The van der Waals surface area contributed by atoms with Crippen LogP contribution >= 0.6 is 15.9 Å². The summed E-state index contributed by atoms with van der Waals surface area (Å²) >= 11 is 3.37. The first-order valence-corrected chi connectivity index (χ1v) is 7.09. The first-order valence-electron chi connectivity index (χ1n) is 6.30. The highest BCUT2D eigenvalue weighted by Crippen LogP contribution is 2.28. The Kier molecular flexibility index (Phi) is 3.36. The lowest BCUT2D eigenvalue weighted by Crippen LogP contribution is -2.54. The summed E-state index contributed by atoms with van der Waals surface area (Å²) in [5.41, 5.74) is 0.147. The number of morpholine rings is 1. The van der Waals surface area contributed by atoms with Gasteiger partial charge in [-0.3, -0.25) is 9.48 Å². The number of aromatic nitrogens is 2. The molecule has 6 nitrogen and oxygen atoms in total. The quantitative estimate of drug-likeness (QED) is 0.765. The SMILES string of the molecule is Cn1cc(Br)c(C(=O)N2CCOC3(CCOC3)C2)n1. The molecule has 2 saturated heterocycles. The third-order valence-electron chi connectivity index (χ3n) is 3.59. The number of carbonyl (C=O) groups is 1. The number of ether oxygens (including phenoxy) is 2. The Morgan fingerprint density at radius 3 is 3.00 bits per heavy atom. The van der Waals surface area contributed by atoms with Gasteiger partial charge >= 0.3 is 0 Å². The first-order chi connectivity index (χ1) is 9.10. The van der Waals surface area contributed by atoms with Gasteiger partial charge < -0.3 is 14.4 Å². The number of hydrogen-bond acceptors (Lipinski definition) is 4. The lowest BCUT2D eigenvalue weighted by molar-refractivity contribution is -0.0996. The normalized spacial score (nSPS) is 27.2. The molecular formula is C12H16BrN3O3. The summed E-state index contributed by atoms with van der Waals surface area (Å²) in [4.78, 5) is 14.3. The van der Waals surface area contributed by atoms with E-state index in [1.54, 1.807) is 17.9 Å². The van der Waals surface area contributed by atoms with Crippen LogP contribution in [-0.4, -0.2) is 59.1 Å². The number of halogens is 1. The predicted octanol–water partition coefficient (Wildman–Crippen LogP) is 0.814. The summed E-state index contributed by atoms with van der Waals surface area (Å²) in [7, 11) is 1.80. The highest BCUT2D eigenvalue weighted by atomic mass is 79.9. The van der Waals surface area contributed by atoms with Crippen LogP contribution in [-0.2, 0) is 16.5 Å². The Bertz CT molecular complexity index is 496. The Labute approximate surface area is 119 Å². The topological polar surface area (TPSA) is 56.6 Å². The predicted molar refractivity (Wildman–Crippen MR) is 70.9 cm³/mol. The van der Waals surface area contributed by atoms with Crippen molar-refractivity contribution in [2.45, 2.75) is 12.0 Å². The van der Waals surface area contributed by atoms with Crippen LogP contribution in [0.4, 0.5) is 0 Å². The van der Waals surface area contributed by atoms with Crippen molar-refractivity contribution in [3.63, 3.8) is 0 Å². The lowest BCUT2D eigenvalue weighted by atomic mass is 10.0. The van der Waals surface area contributed by atoms with Gasteiger partial charge in [-0.15, -0.1) is 0 Å². The molecule has 1 spiro atoms. The summed E-state index contributed by atoms with van der Waals surface area (Å²) in [6.45, 7) is 3.01. The molecule has 19 heavy (non-hydrogen) atoms. The molecule has 0 saturated carbocycles. The van der Waals surface area contributed by atoms with Gasteiger partial charge in [0.15, 0.2) is 5.69 Å². The molecule has 1 aromatic rings. The minimum Gasteiger partial charge on any atom is -0.378 e. The molecule has 7 heteroatoms. The molecule has 2 aliphatic rings. The molecule has 1 aromatic heterocycles. The van der Waals surface area contributed by atoms with E-state index in [-0.39, 0.29) is 11.5 Å². The van der Waals surface area contributed by atoms with Crippen LogP contribution in [0.5, 0.6) is 0 Å². The van der Waals surface area contributed by atoms with Crippen molar-refractivity contribution in [3.8, 4) is 0 Å². The van der Waals surface area contributed by atoms with Gasteiger partial charge in [0, 0.05) is 32.8 Å². The van der Waals surface area contributed by atoms with Crippen molar-refractivity contribution in [1.29, 1.82) is 0 Å². The molecule has 0 aromatic carbocycles. The van der Waals surface area contributed by atoms with E-state index in [0.29, 0.717) is 38.6 Å². The molecular weight excluding hydrogens is 314 g/mol. The van der Waals surface area contributed by atoms with E-state index < -0.39 is 0 Å². The Balaban J connectivity index is 1.78. The van der Waals surface area contributed by atoms with Crippen molar-refractivity contribution in [1.82, 2.24) is 14.7 Å². The third-order valence-corrected chi connectivity index (χ3v) is 4.17. The number of amides is 1. The molecule has 1 unspecified atom stereocenters. The number of nitrogens with zero attached hydrogens (tertiary/aromatic N) is 3. The minimum atomic E-state index is -0.310. The standard InChI is InChI=1S/C12H16BrN3O3/c1-15-6-9(13)10(14-15)11(17)16-3-5-19-12(7-16)2-4-18-8-12/h6H,2-5,7-8H2,1H3. The van der Waals surface area contributed by atoms with Crippen LogP contribution in [0.3, 0.4) is 0 Å². The molecule has 104 valence electrons. The highest BCUT2D eigenvalue weighted by molar-refractivity contribution is 9.10. The molecule has 2 aliphatic heterocycles. The fourth-order valence-electron chi connectivity index (χ4n) is 2.60. The van der Waals surface area contributed by atoms with E-state index in [1.807, 2.05) is 4.90 Å². The van der Waals surface area contributed by atoms with E-state index in [0.717, 1.165) is 10.9 Å². The maximum atomic E-state index is 12.5. The Morgan fingerprint density at radius 1 is 1.53 bits per heavy atom.